The van der Waals surface area contributed by atoms with E-state index in [4.69, 9.17) is 4.98 Å². The first-order valence-corrected chi connectivity index (χ1v) is 12.0. The number of nitrogens with zero attached hydrogens (tertiary/aromatic N) is 4. The van der Waals surface area contributed by atoms with Crippen LogP contribution in [0.15, 0.2) is 47.6 Å². The van der Waals surface area contributed by atoms with Gasteiger partial charge in [-0.2, -0.15) is 0 Å². The molecule has 7 heteroatoms. The molecule has 166 valence electrons. The summed E-state index contributed by atoms with van der Waals surface area (Å²) in [5.41, 5.74) is 6.28. The molecule has 1 amide bonds. The molecule has 0 aliphatic heterocycles. The average Bonchev–Trinajstić information content (AvgIpc) is 3.07. The van der Waals surface area contributed by atoms with Crippen LogP contribution < -0.4 is 5.32 Å². The summed E-state index contributed by atoms with van der Waals surface area (Å²) in [6.45, 7) is 9.54. The molecule has 4 rings (SSSR count). The fourth-order valence-electron chi connectivity index (χ4n) is 3.68. The highest BCUT2D eigenvalue weighted by molar-refractivity contribution is 8.00. The van der Waals surface area contributed by atoms with Gasteiger partial charge in [-0.05, 0) is 44.9 Å². The lowest BCUT2D eigenvalue weighted by Crippen LogP contribution is -2.31. The van der Waals surface area contributed by atoms with Crippen molar-refractivity contribution < 1.29 is 4.79 Å². The highest BCUT2D eigenvalue weighted by Crippen LogP contribution is 2.29. The molecule has 1 unspecified atom stereocenters. The second-order valence-corrected chi connectivity index (χ2v) is 9.57. The number of hydrogen-bond donors (Lipinski definition) is 1. The summed E-state index contributed by atoms with van der Waals surface area (Å²) >= 11 is 1.34. The predicted octanol–water partition coefficient (Wildman–Crippen LogP) is 5.04. The van der Waals surface area contributed by atoms with E-state index >= 15 is 0 Å². The van der Waals surface area contributed by atoms with Crippen LogP contribution in [-0.2, 0) is 11.3 Å². The summed E-state index contributed by atoms with van der Waals surface area (Å²) in [5.74, 6) is 0.00275. The molecule has 2 aromatic heterocycles. The number of fused-ring (bicyclic) bond motifs is 3. The SMILES string of the molecule is CCCCNC(=O)C(C)Sc1nnc2c3cc(C)ccc3n(Cc3ccc(C)cc3)c2n1. The Morgan fingerprint density at radius 1 is 1.09 bits per heavy atom. The molecule has 6 nitrogen and oxygen atoms in total. The van der Waals surface area contributed by atoms with Crippen LogP contribution in [0.2, 0.25) is 0 Å². The van der Waals surface area contributed by atoms with Crippen LogP contribution >= 0.6 is 11.8 Å². The van der Waals surface area contributed by atoms with Crippen molar-refractivity contribution in [3.05, 3.63) is 59.2 Å². The van der Waals surface area contributed by atoms with Gasteiger partial charge < -0.3 is 9.88 Å². The van der Waals surface area contributed by atoms with Gasteiger partial charge in [0.25, 0.3) is 0 Å². The number of carbonyl (C=O) groups is 1. The second-order valence-electron chi connectivity index (χ2n) is 8.26. The van der Waals surface area contributed by atoms with Gasteiger partial charge in [0, 0.05) is 18.5 Å². The van der Waals surface area contributed by atoms with E-state index < -0.39 is 0 Å². The maximum atomic E-state index is 12.4. The normalized spacial score (nSPS) is 12.4. The monoisotopic (exact) mass is 447 g/mol. The van der Waals surface area contributed by atoms with E-state index in [1.54, 1.807) is 0 Å². The van der Waals surface area contributed by atoms with Gasteiger partial charge in [0.15, 0.2) is 5.65 Å². The van der Waals surface area contributed by atoms with Crippen LogP contribution in [0, 0.1) is 13.8 Å². The fourth-order valence-corrected chi connectivity index (χ4v) is 4.42. The number of rotatable bonds is 8. The highest BCUT2D eigenvalue weighted by Gasteiger charge is 2.19. The minimum atomic E-state index is -0.289. The molecule has 4 aromatic rings. The van der Waals surface area contributed by atoms with Gasteiger partial charge in [-0.15, -0.1) is 10.2 Å². The molecule has 0 aliphatic rings. The van der Waals surface area contributed by atoms with Crippen LogP contribution in [0.3, 0.4) is 0 Å². The second kappa shape index (κ2) is 9.69. The Bertz CT molecular complexity index is 1250. The van der Waals surface area contributed by atoms with Gasteiger partial charge in [0.1, 0.15) is 5.52 Å². The van der Waals surface area contributed by atoms with Crippen molar-refractivity contribution in [2.24, 2.45) is 0 Å². The standard InChI is InChI=1S/C25H29N5OS/c1-5-6-13-26-24(31)18(4)32-25-27-23-22(28-29-25)20-14-17(3)9-12-21(20)30(23)15-19-10-7-16(2)8-11-19/h7-12,14,18H,5-6,13,15H2,1-4H3,(H,26,31). The molecular formula is C25H29N5OS. The molecule has 0 radical (unpaired) electrons. The first-order chi connectivity index (χ1) is 15.5. The van der Waals surface area contributed by atoms with Crippen molar-refractivity contribution in [3.63, 3.8) is 0 Å². The third kappa shape index (κ3) is 4.78. The Morgan fingerprint density at radius 3 is 2.59 bits per heavy atom. The van der Waals surface area contributed by atoms with Crippen LogP contribution in [0.25, 0.3) is 22.1 Å². The number of amides is 1. The zero-order chi connectivity index (χ0) is 22.7. The molecule has 0 spiro atoms. The number of unbranched alkanes of at least 4 members (excludes halogenated alkanes) is 1. The molecular weight excluding hydrogens is 418 g/mol. The summed E-state index contributed by atoms with van der Waals surface area (Å²) in [7, 11) is 0. The maximum absolute atomic E-state index is 12.4. The number of carbonyl (C=O) groups excluding carboxylic acids is 1. The van der Waals surface area contributed by atoms with Crippen molar-refractivity contribution in [1.29, 1.82) is 0 Å². The summed E-state index contributed by atoms with van der Waals surface area (Å²) < 4.78 is 2.19. The van der Waals surface area contributed by atoms with Gasteiger partial charge in [-0.25, -0.2) is 4.98 Å². The van der Waals surface area contributed by atoms with E-state index in [2.05, 4.69) is 83.3 Å². The van der Waals surface area contributed by atoms with E-state index in [-0.39, 0.29) is 11.2 Å². The molecule has 2 aromatic carbocycles. The lowest BCUT2D eigenvalue weighted by Gasteiger charge is -2.11. The summed E-state index contributed by atoms with van der Waals surface area (Å²) in [6.07, 6.45) is 2.03. The van der Waals surface area contributed by atoms with Crippen molar-refractivity contribution in [2.75, 3.05) is 6.54 Å². The summed E-state index contributed by atoms with van der Waals surface area (Å²) in [5, 5.41) is 13.1. The molecule has 0 saturated carbocycles. The van der Waals surface area contributed by atoms with Gasteiger partial charge in [-0.3, -0.25) is 4.79 Å². The van der Waals surface area contributed by atoms with Crippen molar-refractivity contribution >= 4 is 39.7 Å². The third-order valence-corrected chi connectivity index (χ3v) is 6.50. The average molecular weight is 448 g/mol. The predicted molar refractivity (Wildman–Crippen MR) is 131 cm³/mol. The highest BCUT2D eigenvalue weighted by atomic mass is 32.2. The summed E-state index contributed by atoms with van der Waals surface area (Å²) in [4.78, 5) is 17.2. The Balaban J connectivity index is 1.70. The maximum Gasteiger partial charge on any atom is 0.233 e. The first-order valence-electron chi connectivity index (χ1n) is 11.1. The molecule has 0 bridgehead atoms. The van der Waals surface area contributed by atoms with E-state index in [1.165, 1.54) is 28.5 Å². The Hall–Kier alpha value is -2.93. The molecule has 0 aliphatic carbocycles. The Labute approximate surface area is 192 Å². The van der Waals surface area contributed by atoms with Crippen LogP contribution in [0.5, 0.6) is 0 Å². The van der Waals surface area contributed by atoms with Crippen LogP contribution in [-0.4, -0.2) is 37.5 Å². The number of hydrogen-bond acceptors (Lipinski definition) is 5. The zero-order valence-corrected chi connectivity index (χ0v) is 19.9. The minimum Gasteiger partial charge on any atom is -0.355 e. The smallest absolute Gasteiger partial charge is 0.233 e. The quantitative estimate of drug-likeness (QED) is 0.303. The Kier molecular flexibility index (Phi) is 6.74. The number of aryl methyl sites for hydroxylation is 2. The topological polar surface area (TPSA) is 72.7 Å². The van der Waals surface area contributed by atoms with Crippen LogP contribution in [0.1, 0.15) is 43.4 Å². The number of thioether (sulfide) groups is 1. The lowest BCUT2D eigenvalue weighted by atomic mass is 10.1. The molecule has 0 fully saturated rings. The van der Waals surface area contributed by atoms with Crippen molar-refractivity contribution in [2.45, 2.75) is 57.5 Å². The van der Waals surface area contributed by atoms with Gasteiger partial charge >= 0.3 is 0 Å². The molecule has 1 atom stereocenters. The largest absolute Gasteiger partial charge is 0.355 e. The Morgan fingerprint density at radius 2 is 1.84 bits per heavy atom. The van der Waals surface area contributed by atoms with E-state index in [9.17, 15) is 4.79 Å². The fraction of sp³-hybridized carbons (Fsp3) is 0.360. The number of aromatic nitrogens is 4. The molecule has 1 N–H and O–H groups in total. The first kappa shape index (κ1) is 22.3. The zero-order valence-electron chi connectivity index (χ0n) is 19.1. The van der Waals surface area contributed by atoms with Crippen molar-refractivity contribution in [1.82, 2.24) is 25.1 Å². The minimum absolute atomic E-state index is 0.00275. The summed E-state index contributed by atoms with van der Waals surface area (Å²) in [6, 6.07) is 14.9. The number of benzene rings is 2. The van der Waals surface area contributed by atoms with E-state index in [1.807, 2.05) is 6.92 Å². The number of nitrogens with one attached hydrogen (secondary N) is 1. The molecule has 32 heavy (non-hydrogen) atoms. The molecule has 0 saturated heterocycles. The van der Waals surface area contributed by atoms with Crippen molar-refractivity contribution in [3.8, 4) is 0 Å². The van der Waals surface area contributed by atoms with E-state index in [0.29, 0.717) is 18.2 Å². The van der Waals surface area contributed by atoms with Gasteiger partial charge in [0.05, 0.1) is 10.8 Å². The molecule has 2 heterocycles. The van der Waals surface area contributed by atoms with E-state index in [0.717, 1.165) is 34.9 Å². The van der Waals surface area contributed by atoms with Crippen LogP contribution in [0.4, 0.5) is 0 Å². The van der Waals surface area contributed by atoms with Gasteiger partial charge in [0.2, 0.25) is 11.1 Å². The lowest BCUT2D eigenvalue weighted by molar-refractivity contribution is -0.120. The third-order valence-electron chi connectivity index (χ3n) is 5.54. The van der Waals surface area contributed by atoms with Gasteiger partial charge in [-0.1, -0.05) is 66.6 Å².